The van der Waals surface area contributed by atoms with Crippen LogP contribution in [0.3, 0.4) is 0 Å². The van der Waals surface area contributed by atoms with Crippen molar-refractivity contribution in [3.63, 3.8) is 0 Å². The number of halogens is 4. The largest absolute Gasteiger partial charge is 0.380 e. The summed E-state index contributed by atoms with van der Waals surface area (Å²) >= 11 is 9.74. The number of methoxy groups -OCH3 is 1. The van der Waals surface area contributed by atoms with Gasteiger partial charge in [-0.15, -0.1) is 11.8 Å². The monoisotopic (exact) mass is 542 g/mol. The van der Waals surface area contributed by atoms with Gasteiger partial charge in [0.05, 0.1) is 24.4 Å². The first-order valence-corrected chi connectivity index (χ1v) is 13.3. The summed E-state index contributed by atoms with van der Waals surface area (Å²) < 4.78 is 33.3. The summed E-state index contributed by atoms with van der Waals surface area (Å²) in [7, 11) is 1.64. The van der Waals surface area contributed by atoms with Gasteiger partial charge >= 0.3 is 0 Å². The molecule has 2 heterocycles. The Labute approximate surface area is 178 Å². The maximum atomic E-state index is 13.4. The molecule has 0 fully saturated rings. The summed E-state index contributed by atoms with van der Waals surface area (Å²) in [4.78, 5) is 9.33. The Morgan fingerprint density at radius 1 is 1.33 bits per heavy atom. The van der Waals surface area contributed by atoms with E-state index in [9.17, 15) is 8.78 Å². The number of imidazole rings is 1. The van der Waals surface area contributed by atoms with Crippen molar-refractivity contribution in [2.24, 2.45) is 0 Å². The number of rotatable bonds is 7. The van der Waals surface area contributed by atoms with Crippen molar-refractivity contribution in [2.45, 2.75) is 17.9 Å². The predicted molar refractivity (Wildman–Crippen MR) is 117 cm³/mol. The van der Waals surface area contributed by atoms with Gasteiger partial charge in [0.25, 0.3) is 6.43 Å². The molecule has 11 heteroatoms. The van der Waals surface area contributed by atoms with Crippen LogP contribution >= 0.6 is 51.8 Å². The zero-order valence-electron chi connectivity index (χ0n) is 14.3. The second-order valence-corrected chi connectivity index (χ2v) is 8.75. The van der Waals surface area contributed by atoms with Crippen LogP contribution < -0.4 is 5.32 Å². The number of benzene rings is 1. The summed E-state index contributed by atoms with van der Waals surface area (Å²) in [5.41, 5.74) is 3.12. The molecule has 0 amide bonds. The third-order valence-corrected chi connectivity index (χ3v) is 6.76. The Balaban J connectivity index is 2.10. The maximum Gasteiger partial charge on any atom is 0.295 e. The van der Waals surface area contributed by atoms with Gasteiger partial charge in [0.2, 0.25) is 0 Å². The van der Waals surface area contributed by atoms with Crippen LogP contribution in [0.15, 0.2) is 29.2 Å². The van der Waals surface area contributed by atoms with Crippen LogP contribution in [0, 0.1) is 0 Å². The zero-order valence-corrected chi connectivity index (χ0v) is 19.0. The van der Waals surface area contributed by atoms with Gasteiger partial charge < -0.3 is 10.1 Å². The number of nitrogens with zero attached hydrogens (tertiary/aromatic N) is 3. The van der Waals surface area contributed by atoms with Gasteiger partial charge in [0, 0.05) is 18.1 Å². The van der Waals surface area contributed by atoms with E-state index in [0.717, 1.165) is 16.1 Å². The van der Waals surface area contributed by atoms with Gasteiger partial charge in [-0.05, 0) is 46.0 Å². The first-order valence-electron chi connectivity index (χ1n) is 7.65. The molecule has 1 atom stereocenters. The minimum atomic E-state index is -2.69. The first-order chi connectivity index (χ1) is 13.0. The molecule has 1 unspecified atom stereocenters. The van der Waals surface area contributed by atoms with Crippen LogP contribution in [0.4, 0.5) is 20.2 Å². The third kappa shape index (κ3) is 4.48. The molecule has 0 bridgehead atoms. The van der Waals surface area contributed by atoms with Crippen LogP contribution in [0.1, 0.15) is 17.8 Å². The van der Waals surface area contributed by atoms with E-state index < -0.39 is 6.43 Å². The number of aromatic nitrogens is 3. The fourth-order valence-electron chi connectivity index (χ4n) is 2.60. The predicted octanol–water partition coefficient (Wildman–Crippen LogP) is 6.43. The minimum absolute atomic E-state index is 0.0335. The van der Waals surface area contributed by atoms with E-state index in [1.165, 1.54) is 4.34 Å². The number of thioether (sulfide) groups is 1. The van der Waals surface area contributed by atoms with E-state index in [0.29, 0.717) is 23.5 Å². The van der Waals surface area contributed by atoms with Crippen molar-refractivity contribution in [3.8, 4) is 0 Å². The molecule has 1 aromatic carbocycles. The third-order valence-electron chi connectivity index (χ3n) is 3.74. The number of hydrogen-bond donors (Lipinski definition) is 1. The molecule has 3 rings (SSSR count). The fraction of sp³-hybridized carbons (Fsp3) is 0.250. The van der Waals surface area contributed by atoms with Crippen LogP contribution in [0.25, 0.3) is 11.2 Å². The van der Waals surface area contributed by atoms with Crippen molar-refractivity contribution in [1.29, 1.82) is 0 Å². The Hall–Kier alpha value is -0.740. The van der Waals surface area contributed by atoms with Crippen molar-refractivity contribution in [3.05, 3.63) is 40.8 Å². The Morgan fingerprint density at radius 2 is 2.11 bits per heavy atom. The fourth-order valence-corrected chi connectivity index (χ4v) is 5.29. The number of fused-ring (bicyclic) bond motifs is 1. The molecule has 144 valence electrons. The van der Waals surface area contributed by atoms with Crippen molar-refractivity contribution < 1.29 is 13.5 Å². The lowest BCUT2D eigenvalue weighted by atomic mass is 10.2. The molecule has 2 aromatic heterocycles. The smallest absolute Gasteiger partial charge is 0.295 e. The summed E-state index contributed by atoms with van der Waals surface area (Å²) in [6, 6.07) is 7.48. The van der Waals surface area contributed by atoms with E-state index in [1.54, 1.807) is 24.9 Å². The molecule has 27 heavy (non-hydrogen) atoms. The standard InChI is InChI=1S/C16H15ClF2IN4OPS/c1-25-7-8-3-4-9(11(5-8)27-2)21-10-6-12(17)22-15-13(10)23-16(14(18)19)24(15)26-20/h3-6,14,26H,7H2,1-2H3,(H,21,22). The van der Waals surface area contributed by atoms with Gasteiger partial charge in [0.1, 0.15) is 10.7 Å². The van der Waals surface area contributed by atoms with Gasteiger partial charge in [-0.2, -0.15) is 0 Å². The SMILES string of the molecule is COCc1ccc(Nc2cc(Cl)nc3c2nc(C(F)F)n3PI)c(SC)c1. The molecule has 0 aliphatic rings. The molecular formula is C16H15ClF2IN4OPS. The van der Waals surface area contributed by atoms with E-state index in [1.807, 2.05) is 46.5 Å². The van der Waals surface area contributed by atoms with Crippen molar-refractivity contribution in [1.82, 2.24) is 14.3 Å². The van der Waals surface area contributed by atoms with Gasteiger partial charge in [-0.3, -0.25) is 4.34 Å². The van der Waals surface area contributed by atoms with E-state index in [2.05, 4.69) is 15.3 Å². The molecule has 5 nitrogen and oxygen atoms in total. The highest BCUT2D eigenvalue weighted by Gasteiger charge is 2.22. The molecule has 0 spiro atoms. The topological polar surface area (TPSA) is 52.0 Å². The van der Waals surface area contributed by atoms with E-state index in [4.69, 9.17) is 16.3 Å². The Kier molecular flexibility index (Phi) is 7.13. The van der Waals surface area contributed by atoms with E-state index in [-0.39, 0.29) is 17.4 Å². The highest BCUT2D eigenvalue weighted by atomic mass is 127. The average Bonchev–Trinajstić information content (AvgIpc) is 3.02. The number of hydrogen-bond acceptors (Lipinski definition) is 5. The second-order valence-electron chi connectivity index (χ2n) is 5.45. The molecular weight excluding hydrogens is 528 g/mol. The highest BCUT2D eigenvalue weighted by molar-refractivity contribution is 14.2. The van der Waals surface area contributed by atoms with Gasteiger partial charge in [0.15, 0.2) is 11.5 Å². The molecule has 0 radical (unpaired) electrons. The molecule has 0 saturated carbocycles. The van der Waals surface area contributed by atoms with Crippen molar-refractivity contribution in [2.75, 3.05) is 18.7 Å². The normalized spacial score (nSPS) is 12.0. The summed E-state index contributed by atoms with van der Waals surface area (Å²) in [5.74, 6) is -0.309. The second kappa shape index (κ2) is 9.17. The number of anilines is 2. The number of alkyl halides is 2. The molecule has 1 N–H and O–H groups in total. The summed E-state index contributed by atoms with van der Waals surface area (Å²) in [5, 5.41) is 3.49. The first kappa shape index (κ1) is 21.0. The van der Waals surface area contributed by atoms with E-state index >= 15 is 0 Å². The molecule has 0 saturated heterocycles. The quantitative estimate of drug-likeness (QED) is 0.161. The summed E-state index contributed by atoms with van der Waals surface area (Å²) in [6.45, 7) is 0.512. The number of nitrogens with one attached hydrogen (secondary N) is 1. The highest BCUT2D eigenvalue weighted by Crippen LogP contribution is 2.39. The molecule has 3 aromatic rings. The number of pyridine rings is 1. The van der Waals surface area contributed by atoms with Gasteiger partial charge in [-0.1, -0.05) is 17.7 Å². The molecule has 0 aliphatic heterocycles. The van der Waals surface area contributed by atoms with Gasteiger partial charge in [-0.25, -0.2) is 18.7 Å². The summed E-state index contributed by atoms with van der Waals surface area (Å²) in [6.07, 6.45) is -0.693. The van der Waals surface area contributed by atoms with Crippen LogP contribution in [0.2, 0.25) is 5.15 Å². The Bertz CT molecular complexity index is 975. The lowest BCUT2D eigenvalue weighted by molar-refractivity contribution is 0.140. The zero-order chi connectivity index (χ0) is 19.6. The lowest BCUT2D eigenvalue weighted by Crippen LogP contribution is -1.97. The molecule has 0 aliphatic carbocycles. The van der Waals surface area contributed by atoms with Crippen LogP contribution in [-0.4, -0.2) is 27.7 Å². The van der Waals surface area contributed by atoms with Crippen LogP contribution in [0.5, 0.6) is 0 Å². The average molecular weight is 543 g/mol. The van der Waals surface area contributed by atoms with Crippen LogP contribution in [-0.2, 0) is 11.3 Å². The minimum Gasteiger partial charge on any atom is -0.380 e. The number of ether oxygens (including phenoxy) is 1. The Morgan fingerprint density at radius 3 is 2.74 bits per heavy atom. The van der Waals surface area contributed by atoms with Crippen molar-refractivity contribution >= 4 is 74.3 Å². The lowest BCUT2D eigenvalue weighted by Gasteiger charge is -2.13. The maximum absolute atomic E-state index is 13.4.